The Morgan fingerprint density at radius 1 is 1.17 bits per heavy atom. The average molecular weight is 427 g/mol. The molecule has 29 heavy (non-hydrogen) atoms. The first-order valence-corrected chi connectivity index (χ1v) is 10.5. The molecule has 0 aliphatic carbocycles. The number of hydrogen-bond acceptors (Lipinski definition) is 6. The lowest BCUT2D eigenvalue weighted by Crippen LogP contribution is -2.06. The number of ether oxygens (including phenoxy) is 1. The molecule has 0 radical (unpaired) electrons. The molecule has 1 aliphatic rings. The van der Waals surface area contributed by atoms with E-state index in [-0.39, 0.29) is 0 Å². The predicted octanol–water partition coefficient (Wildman–Crippen LogP) is 4.70. The molecule has 1 aromatic heterocycles. The van der Waals surface area contributed by atoms with E-state index < -0.39 is 15.8 Å². The van der Waals surface area contributed by atoms with Crippen LogP contribution in [0.5, 0.6) is 0 Å². The number of allylic oxidation sites excluding steroid dienone is 2. The number of carbonyl (C=O) groups is 1. The minimum absolute atomic E-state index is 0.344. The Labute approximate surface area is 172 Å². The molecule has 0 bridgehead atoms. The molecule has 0 spiro atoms. The fourth-order valence-corrected chi connectivity index (χ4v) is 4.26. The number of fused-ring (bicyclic) bond motifs is 1. The van der Waals surface area contributed by atoms with E-state index in [1.54, 1.807) is 48.7 Å². The zero-order valence-electron chi connectivity index (χ0n) is 15.2. The molecule has 1 N–H and O–H groups in total. The van der Waals surface area contributed by atoms with Crippen LogP contribution in [0.15, 0.2) is 65.6 Å². The van der Waals surface area contributed by atoms with Crippen LogP contribution >= 0.6 is 11.6 Å². The largest absolute Gasteiger partial charge is 0.465 e. The highest BCUT2D eigenvalue weighted by Crippen LogP contribution is 2.37. The van der Waals surface area contributed by atoms with E-state index in [0.29, 0.717) is 44.0 Å². The number of methoxy groups -OCH3 is 1. The van der Waals surface area contributed by atoms with E-state index in [0.717, 1.165) is 5.41 Å². The van der Waals surface area contributed by atoms with Crippen molar-refractivity contribution >= 4 is 55.3 Å². The minimum atomic E-state index is -3.42. The maximum Gasteiger partial charge on any atom is 0.339 e. The normalized spacial score (nSPS) is 14.6. The molecule has 8 heteroatoms. The van der Waals surface area contributed by atoms with Crippen molar-refractivity contribution < 1.29 is 17.9 Å². The van der Waals surface area contributed by atoms with Crippen molar-refractivity contribution in [3.05, 3.63) is 81.7 Å². The number of nitrogens with zero attached hydrogens (tertiary/aromatic N) is 1. The number of esters is 1. The Bertz CT molecular complexity index is 1310. The molecule has 2 heterocycles. The molecule has 0 saturated carbocycles. The Morgan fingerprint density at radius 3 is 2.69 bits per heavy atom. The molecule has 0 unspecified atom stereocenters. The third-order valence-electron chi connectivity index (χ3n) is 4.46. The summed E-state index contributed by atoms with van der Waals surface area (Å²) >= 11 is 6.20. The Balaban J connectivity index is 1.95. The van der Waals surface area contributed by atoms with Crippen LogP contribution < -0.4 is 5.32 Å². The van der Waals surface area contributed by atoms with E-state index in [9.17, 15) is 13.2 Å². The summed E-state index contributed by atoms with van der Waals surface area (Å²) in [6.45, 7) is 0. The van der Waals surface area contributed by atoms with Gasteiger partial charge in [-0.3, -0.25) is 4.98 Å². The van der Waals surface area contributed by atoms with Crippen molar-refractivity contribution in [2.24, 2.45) is 0 Å². The lowest BCUT2D eigenvalue weighted by molar-refractivity contribution is 0.0602. The van der Waals surface area contributed by atoms with Crippen LogP contribution in [-0.2, 0) is 14.6 Å². The van der Waals surface area contributed by atoms with Crippen LogP contribution in [-0.4, -0.2) is 26.5 Å². The highest BCUT2D eigenvalue weighted by atomic mass is 35.5. The lowest BCUT2D eigenvalue weighted by atomic mass is 10.0. The van der Waals surface area contributed by atoms with Crippen molar-refractivity contribution in [1.29, 1.82) is 0 Å². The summed E-state index contributed by atoms with van der Waals surface area (Å²) in [7, 11) is -2.11. The van der Waals surface area contributed by atoms with Gasteiger partial charge in [0.25, 0.3) is 0 Å². The van der Waals surface area contributed by atoms with Crippen LogP contribution in [0.4, 0.5) is 11.4 Å². The van der Waals surface area contributed by atoms with Gasteiger partial charge >= 0.3 is 5.97 Å². The number of sulfone groups is 1. The van der Waals surface area contributed by atoms with Crippen molar-refractivity contribution in [2.75, 3.05) is 12.4 Å². The average Bonchev–Trinajstić information content (AvgIpc) is 3.07. The minimum Gasteiger partial charge on any atom is -0.465 e. The van der Waals surface area contributed by atoms with Crippen LogP contribution in [0.1, 0.15) is 15.9 Å². The fourth-order valence-electron chi connectivity index (χ4n) is 3.11. The van der Waals surface area contributed by atoms with Crippen molar-refractivity contribution in [2.45, 2.75) is 0 Å². The quantitative estimate of drug-likeness (QED) is 0.608. The monoisotopic (exact) mass is 426 g/mol. The Hall–Kier alpha value is -3.16. The van der Waals surface area contributed by atoms with Gasteiger partial charge in [-0.2, -0.15) is 0 Å². The van der Waals surface area contributed by atoms with Crippen LogP contribution in [0, 0.1) is 0 Å². The van der Waals surface area contributed by atoms with Gasteiger partial charge in [0.05, 0.1) is 29.6 Å². The summed E-state index contributed by atoms with van der Waals surface area (Å²) in [5.74, 6) is -0.492. The number of hydrogen-bond donors (Lipinski definition) is 1. The Morgan fingerprint density at radius 2 is 1.97 bits per heavy atom. The maximum atomic E-state index is 12.2. The number of aromatic nitrogens is 1. The topological polar surface area (TPSA) is 85.4 Å². The molecule has 1 aliphatic heterocycles. The van der Waals surface area contributed by atoms with E-state index in [4.69, 9.17) is 16.3 Å². The van der Waals surface area contributed by atoms with Gasteiger partial charge in [-0.25, -0.2) is 13.2 Å². The summed E-state index contributed by atoms with van der Waals surface area (Å²) in [5, 5.41) is 6.77. The number of anilines is 2. The molecule has 0 atom stereocenters. The highest BCUT2D eigenvalue weighted by Gasteiger charge is 2.20. The van der Waals surface area contributed by atoms with E-state index in [2.05, 4.69) is 10.3 Å². The highest BCUT2D eigenvalue weighted by molar-refractivity contribution is 7.97. The van der Waals surface area contributed by atoms with Crippen LogP contribution in [0.3, 0.4) is 0 Å². The molecule has 6 nitrogen and oxygen atoms in total. The number of nitrogens with one attached hydrogen (secondary N) is 1. The molecular weight excluding hydrogens is 412 g/mol. The van der Waals surface area contributed by atoms with Gasteiger partial charge in [0.15, 0.2) is 9.84 Å². The van der Waals surface area contributed by atoms with Gasteiger partial charge in [-0.15, -0.1) is 0 Å². The molecular formula is C21H15ClN2O4S. The number of para-hydroxylation sites is 1. The Kier molecular flexibility index (Phi) is 4.86. The molecule has 0 fully saturated rings. The van der Waals surface area contributed by atoms with Crippen LogP contribution in [0.2, 0.25) is 5.02 Å². The van der Waals surface area contributed by atoms with Crippen molar-refractivity contribution in [1.82, 2.24) is 4.98 Å². The first-order valence-electron chi connectivity index (χ1n) is 8.56. The number of halogens is 1. The van der Waals surface area contributed by atoms with E-state index >= 15 is 0 Å². The summed E-state index contributed by atoms with van der Waals surface area (Å²) in [5.41, 5.74) is 3.16. The second-order valence-electron chi connectivity index (χ2n) is 6.34. The second kappa shape index (κ2) is 7.35. The number of carbonyl (C=O) groups excluding carboxylic acids is 1. The number of benzene rings is 2. The summed E-state index contributed by atoms with van der Waals surface area (Å²) < 4.78 is 28.7. The summed E-state index contributed by atoms with van der Waals surface area (Å²) in [6.07, 6.45) is 3.11. The summed E-state index contributed by atoms with van der Waals surface area (Å²) in [4.78, 5) is 16.6. The van der Waals surface area contributed by atoms with Crippen molar-refractivity contribution in [3.63, 3.8) is 0 Å². The zero-order chi connectivity index (χ0) is 20.6. The molecule has 0 amide bonds. The first kappa shape index (κ1) is 19.2. The molecule has 0 saturated heterocycles. The SMILES string of the molecule is COC(=O)c1ccccc1Nc1c(C2=CS(=O)(=O)C=C2)cnc2ccc(Cl)cc12. The van der Waals surface area contributed by atoms with E-state index in [1.165, 1.54) is 18.6 Å². The van der Waals surface area contributed by atoms with E-state index in [1.807, 2.05) is 0 Å². The van der Waals surface area contributed by atoms with Gasteiger partial charge in [0.2, 0.25) is 0 Å². The fraction of sp³-hybridized carbons (Fsp3) is 0.0476. The third-order valence-corrected chi connectivity index (χ3v) is 5.79. The molecule has 146 valence electrons. The smallest absolute Gasteiger partial charge is 0.339 e. The summed E-state index contributed by atoms with van der Waals surface area (Å²) in [6, 6.07) is 12.1. The second-order valence-corrected chi connectivity index (χ2v) is 8.46. The maximum absolute atomic E-state index is 12.2. The predicted molar refractivity (Wildman–Crippen MR) is 114 cm³/mol. The van der Waals surface area contributed by atoms with Crippen molar-refractivity contribution in [3.8, 4) is 0 Å². The third kappa shape index (κ3) is 3.74. The molecule has 4 rings (SSSR count). The van der Waals surface area contributed by atoms with Gasteiger partial charge in [-0.1, -0.05) is 23.7 Å². The first-order chi connectivity index (χ1) is 13.9. The molecule has 3 aromatic rings. The van der Waals surface area contributed by atoms with Gasteiger partial charge < -0.3 is 10.1 Å². The molecule has 2 aromatic carbocycles. The van der Waals surface area contributed by atoms with Crippen LogP contribution in [0.25, 0.3) is 16.5 Å². The van der Waals surface area contributed by atoms with Gasteiger partial charge in [0.1, 0.15) is 0 Å². The number of pyridine rings is 1. The van der Waals surface area contributed by atoms with Gasteiger partial charge in [0, 0.05) is 33.0 Å². The number of rotatable bonds is 4. The lowest BCUT2D eigenvalue weighted by Gasteiger charge is -2.17. The standard InChI is InChI=1S/C21H15ClN2O4S/c1-28-21(25)15-4-2-3-5-19(15)24-20-16-10-14(22)6-7-18(16)23-11-17(20)13-8-9-29(26,27)12-13/h2-12H,1H3,(H,23,24). The van der Waals surface area contributed by atoms with Gasteiger partial charge in [-0.05, 0) is 42.0 Å². The zero-order valence-corrected chi connectivity index (χ0v) is 16.8.